The van der Waals surface area contributed by atoms with E-state index in [9.17, 15) is 4.79 Å². The Bertz CT molecular complexity index is 669. The highest BCUT2D eigenvalue weighted by atomic mass is 16.1. The second-order valence-corrected chi connectivity index (χ2v) is 3.65. The zero-order chi connectivity index (χ0) is 13.1. The van der Waals surface area contributed by atoms with Crippen LogP contribution in [0.15, 0.2) is 35.1 Å². The van der Waals surface area contributed by atoms with E-state index in [4.69, 9.17) is 11.1 Å². The first-order valence-corrected chi connectivity index (χ1v) is 5.22. The molecule has 3 N–H and O–H groups in total. The minimum atomic E-state index is -0.431. The molecule has 6 heteroatoms. The zero-order valence-electron chi connectivity index (χ0n) is 9.71. The SMILES string of the molecule is Cn1c(NN)nc(-c2ccccc2)c(C#N)c1=O. The molecule has 2 rings (SSSR count). The fourth-order valence-electron chi connectivity index (χ4n) is 1.64. The van der Waals surface area contributed by atoms with E-state index in [0.29, 0.717) is 11.3 Å². The molecule has 1 aromatic heterocycles. The average molecular weight is 241 g/mol. The standard InChI is InChI=1S/C12H11N5O/c1-17-11(18)9(7-13)10(15-12(17)16-14)8-5-3-2-4-6-8/h2-6H,14H2,1H3,(H,15,16). The van der Waals surface area contributed by atoms with Crippen LogP contribution in [0.1, 0.15) is 5.56 Å². The summed E-state index contributed by atoms with van der Waals surface area (Å²) in [6.45, 7) is 0. The second kappa shape index (κ2) is 4.69. The Kier molecular flexibility index (Phi) is 3.08. The third-order valence-electron chi connectivity index (χ3n) is 2.58. The predicted molar refractivity (Wildman–Crippen MR) is 67.4 cm³/mol. The van der Waals surface area contributed by atoms with Crippen LogP contribution in [-0.2, 0) is 7.05 Å². The molecule has 2 aromatic rings. The van der Waals surface area contributed by atoms with E-state index >= 15 is 0 Å². The van der Waals surface area contributed by atoms with Gasteiger partial charge in [0.1, 0.15) is 11.6 Å². The number of aromatic nitrogens is 2. The monoisotopic (exact) mass is 241 g/mol. The first-order chi connectivity index (χ1) is 8.69. The van der Waals surface area contributed by atoms with Crippen molar-refractivity contribution in [3.8, 4) is 17.3 Å². The Morgan fingerprint density at radius 1 is 1.39 bits per heavy atom. The molecule has 0 aliphatic heterocycles. The number of nitrogens with two attached hydrogens (primary N) is 1. The number of nitrogen functional groups attached to an aromatic ring is 1. The minimum absolute atomic E-state index is 0.00250. The Balaban J connectivity index is 2.80. The summed E-state index contributed by atoms with van der Waals surface area (Å²) in [5.41, 5.74) is 2.94. The van der Waals surface area contributed by atoms with E-state index in [2.05, 4.69) is 10.4 Å². The molecule has 0 amide bonds. The van der Waals surface area contributed by atoms with Crippen LogP contribution < -0.4 is 16.8 Å². The number of benzene rings is 1. The quantitative estimate of drug-likeness (QED) is 0.593. The zero-order valence-corrected chi connectivity index (χ0v) is 9.71. The van der Waals surface area contributed by atoms with Gasteiger partial charge in [-0.1, -0.05) is 30.3 Å². The number of nitrogens with zero attached hydrogens (tertiary/aromatic N) is 3. The number of nitrogens with one attached hydrogen (secondary N) is 1. The molecule has 0 saturated carbocycles. The van der Waals surface area contributed by atoms with Gasteiger partial charge in [0.25, 0.3) is 5.56 Å². The number of hydrogen-bond acceptors (Lipinski definition) is 5. The van der Waals surface area contributed by atoms with Gasteiger partial charge in [-0.05, 0) is 0 Å². The molecule has 6 nitrogen and oxygen atoms in total. The fourth-order valence-corrected chi connectivity index (χ4v) is 1.64. The predicted octanol–water partition coefficient (Wildman–Crippen LogP) is 0.605. The highest BCUT2D eigenvalue weighted by Crippen LogP contribution is 2.19. The van der Waals surface area contributed by atoms with Crippen LogP contribution in [0.5, 0.6) is 0 Å². The maximum Gasteiger partial charge on any atom is 0.273 e. The Labute approximate surface area is 103 Å². The maximum atomic E-state index is 12.0. The summed E-state index contributed by atoms with van der Waals surface area (Å²) in [4.78, 5) is 16.2. The first kappa shape index (κ1) is 11.8. The second-order valence-electron chi connectivity index (χ2n) is 3.65. The summed E-state index contributed by atoms with van der Waals surface area (Å²) in [6.07, 6.45) is 0. The van der Waals surface area contributed by atoms with E-state index in [-0.39, 0.29) is 11.5 Å². The number of hydrogen-bond donors (Lipinski definition) is 2. The molecule has 0 radical (unpaired) electrons. The van der Waals surface area contributed by atoms with Crippen molar-refractivity contribution in [3.63, 3.8) is 0 Å². The molecule has 0 bridgehead atoms. The lowest BCUT2D eigenvalue weighted by atomic mass is 10.1. The van der Waals surface area contributed by atoms with E-state index in [1.807, 2.05) is 24.3 Å². The molecule has 0 aliphatic rings. The molecule has 1 heterocycles. The van der Waals surface area contributed by atoms with Crippen molar-refractivity contribution in [1.82, 2.24) is 9.55 Å². The number of anilines is 1. The molecule has 1 aromatic carbocycles. The largest absolute Gasteiger partial charge is 0.294 e. The van der Waals surface area contributed by atoms with Crippen molar-refractivity contribution in [2.24, 2.45) is 12.9 Å². The average Bonchev–Trinajstić information content (AvgIpc) is 2.42. The number of nitriles is 1. The van der Waals surface area contributed by atoms with E-state index < -0.39 is 5.56 Å². The van der Waals surface area contributed by atoms with Crippen LogP contribution >= 0.6 is 0 Å². The van der Waals surface area contributed by atoms with Crippen LogP contribution in [0, 0.1) is 11.3 Å². The molecule has 18 heavy (non-hydrogen) atoms. The van der Waals surface area contributed by atoms with Crippen molar-refractivity contribution in [2.75, 3.05) is 5.43 Å². The topological polar surface area (TPSA) is 96.7 Å². The van der Waals surface area contributed by atoms with E-state index in [0.717, 1.165) is 0 Å². The van der Waals surface area contributed by atoms with Crippen LogP contribution in [0.3, 0.4) is 0 Å². The van der Waals surface area contributed by atoms with Gasteiger partial charge < -0.3 is 0 Å². The van der Waals surface area contributed by atoms with Gasteiger partial charge >= 0.3 is 0 Å². The van der Waals surface area contributed by atoms with Gasteiger partial charge in [0.2, 0.25) is 5.95 Å². The summed E-state index contributed by atoms with van der Waals surface area (Å²) < 4.78 is 1.20. The summed E-state index contributed by atoms with van der Waals surface area (Å²) in [5.74, 6) is 5.51. The molecule has 90 valence electrons. The third kappa shape index (κ3) is 1.83. The van der Waals surface area contributed by atoms with Gasteiger partial charge in [-0.2, -0.15) is 5.26 Å². The van der Waals surface area contributed by atoms with Crippen molar-refractivity contribution in [2.45, 2.75) is 0 Å². The summed E-state index contributed by atoms with van der Waals surface area (Å²) in [6, 6.07) is 10.9. The Morgan fingerprint density at radius 3 is 2.61 bits per heavy atom. The van der Waals surface area contributed by atoms with Crippen molar-refractivity contribution in [3.05, 3.63) is 46.2 Å². The van der Waals surface area contributed by atoms with Gasteiger partial charge in [-0.25, -0.2) is 10.8 Å². The maximum absolute atomic E-state index is 12.0. The van der Waals surface area contributed by atoms with Gasteiger partial charge in [0, 0.05) is 12.6 Å². The van der Waals surface area contributed by atoms with Crippen LogP contribution in [0.25, 0.3) is 11.3 Å². The molecular formula is C12H11N5O. The van der Waals surface area contributed by atoms with E-state index in [1.165, 1.54) is 11.6 Å². The molecule has 0 fully saturated rings. The van der Waals surface area contributed by atoms with Crippen LogP contribution in [0.2, 0.25) is 0 Å². The number of rotatable bonds is 2. The summed E-state index contributed by atoms with van der Waals surface area (Å²) >= 11 is 0. The van der Waals surface area contributed by atoms with Crippen LogP contribution in [-0.4, -0.2) is 9.55 Å². The van der Waals surface area contributed by atoms with Crippen molar-refractivity contribution in [1.29, 1.82) is 5.26 Å². The molecule has 0 spiro atoms. The van der Waals surface area contributed by atoms with Gasteiger partial charge in [-0.15, -0.1) is 0 Å². The first-order valence-electron chi connectivity index (χ1n) is 5.22. The van der Waals surface area contributed by atoms with Crippen molar-refractivity contribution < 1.29 is 0 Å². The molecule has 0 aliphatic carbocycles. The normalized spacial score (nSPS) is 9.83. The minimum Gasteiger partial charge on any atom is -0.294 e. The van der Waals surface area contributed by atoms with Crippen molar-refractivity contribution >= 4 is 5.95 Å². The summed E-state index contributed by atoms with van der Waals surface area (Å²) in [5, 5.41) is 9.09. The fraction of sp³-hybridized carbons (Fsp3) is 0.0833. The molecule has 0 saturated heterocycles. The van der Waals surface area contributed by atoms with Gasteiger partial charge in [0.05, 0.1) is 5.69 Å². The molecular weight excluding hydrogens is 230 g/mol. The smallest absolute Gasteiger partial charge is 0.273 e. The molecule has 0 atom stereocenters. The highest BCUT2D eigenvalue weighted by molar-refractivity contribution is 5.67. The van der Waals surface area contributed by atoms with Gasteiger partial charge in [0.15, 0.2) is 0 Å². The lowest BCUT2D eigenvalue weighted by molar-refractivity contribution is 0.825. The lowest BCUT2D eigenvalue weighted by Gasteiger charge is -2.10. The third-order valence-corrected chi connectivity index (χ3v) is 2.58. The molecule has 0 unspecified atom stereocenters. The van der Waals surface area contributed by atoms with Crippen LogP contribution in [0.4, 0.5) is 5.95 Å². The Morgan fingerprint density at radius 2 is 2.06 bits per heavy atom. The Hall–Kier alpha value is -2.65. The number of hydrazine groups is 1. The van der Waals surface area contributed by atoms with Gasteiger partial charge in [-0.3, -0.25) is 14.8 Å². The lowest BCUT2D eigenvalue weighted by Crippen LogP contribution is -2.27. The van der Waals surface area contributed by atoms with E-state index in [1.54, 1.807) is 12.1 Å². The highest BCUT2D eigenvalue weighted by Gasteiger charge is 2.15. The summed E-state index contributed by atoms with van der Waals surface area (Å²) in [7, 11) is 1.50.